The minimum atomic E-state index is -0.250. The molecule has 2 atom stereocenters. The number of aliphatic hydroxyl groups excluding tert-OH is 1. The second-order valence-electron chi connectivity index (χ2n) is 5.17. The molecule has 2 unspecified atom stereocenters. The third kappa shape index (κ3) is 4.28. The number of piperidine rings is 1. The number of aliphatic hydroxyl groups is 1. The van der Waals surface area contributed by atoms with Gasteiger partial charge in [0.1, 0.15) is 0 Å². The summed E-state index contributed by atoms with van der Waals surface area (Å²) in [5, 5.41) is 9.50. The lowest BCUT2D eigenvalue weighted by atomic mass is 9.91. The molecular formula is C13H26N2O2. The first-order valence-corrected chi connectivity index (χ1v) is 6.74. The van der Waals surface area contributed by atoms with Crippen LogP contribution >= 0.6 is 0 Å². The van der Waals surface area contributed by atoms with Crippen molar-refractivity contribution in [2.75, 3.05) is 19.6 Å². The van der Waals surface area contributed by atoms with E-state index < -0.39 is 0 Å². The summed E-state index contributed by atoms with van der Waals surface area (Å²) >= 11 is 0. The van der Waals surface area contributed by atoms with E-state index in [0.29, 0.717) is 24.8 Å². The van der Waals surface area contributed by atoms with Crippen molar-refractivity contribution in [3.8, 4) is 0 Å². The molecule has 0 bridgehead atoms. The monoisotopic (exact) mass is 242 g/mol. The van der Waals surface area contributed by atoms with Gasteiger partial charge in [0.05, 0.1) is 6.10 Å². The van der Waals surface area contributed by atoms with Gasteiger partial charge in [-0.25, -0.2) is 0 Å². The number of rotatable bonds is 5. The first kappa shape index (κ1) is 14.5. The van der Waals surface area contributed by atoms with E-state index in [1.807, 2.05) is 11.8 Å². The Labute approximate surface area is 104 Å². The van der Waals surface area contributed by atoms with Crippen LogP contribution in [0.1, 0.15) is 39.5 Å². The quantitative estimate of drug-likeness (QED) is 0.755. The van der Waals surface area contributed by atoms with Crippen LogP contribution in [0.4, 0.5) is 0 Å². The number of carbonyl (C=O) groups excluding carboxylic acids is 1. The molecule has 0 aromatic rings. The highest BCUT2D eigenvalue weighted by atomic mass is 16.3. The third-order valence-corrected chi connectivity index (χ3v) is 3.95. The van der Waals surface area contributed by atoms with Crippen molar-refractivity contribution < 1.29 is 9.90 Å². The van der Waals surface area contributed by atoms with Gasteiger partial charge in [-0.3, -0.25) is 4.79 Å². The van der Waals surface area contributed by atoms with Gasteiger partial charge in [0.25, 0.3) is 0 Å². The zero-order valence-corrected chi connectivity index (χ0v) is 11.1. The molecule has 0 aromatic carbocycles. The number of carbonyl (C=O) groups is 1. The third-order valence-electron chi connectivity index (χ3n) is 3.95. The molecule has 1 rings (SSSR count). The molecule has 3 N–H and O–H groups in total. The van der Waals surface area contributed by atoms with Gasteiger partial charge in [-0.1, -0.05) is 13.3 Å². The molecule has 1 aliphatic heterocycles. The molecule has 17 heavy (non-hydrogen) atoms. The zero-order chi connectivity index (χ0) is 12.8. The van der Waals surface area contributed by atoms with Gasteiger partial charge in [0, 0.05) is 19.5 Å². The molecule has 0 spiro atoms. The number of nitrogens with two attached hydrogens (primary N) is 1. The summed E-state index contributed by atoms with van der Waals surface area (Å²) in [6.07, 6.45) is 3.13. The lowest BCUT2D eigenvalue weighted by molar-refractivity contribution is -0.134. The fourth-order valence-electron chi connectivity index (χ4n) is 2.40. The molecule has 1 fully saturated rings. The Hall–Kier alpha value is -0.610. The van der Waals surface area contributed by atoms with Gasteiger partial charge >= 0.3 is 0 Å². The van der Waals surface area contributed by atoms with Gasteiger partial charge in [-0.2, -0.15) is 0 Å². The largest absolute Gasteiger partial charge is 0.393 e. The predicted octanol–water partition coefficient (Wildman–Crippen LogP) is 0.981. The second kappa shape index (κ2) is 6.97. The fourth-order valence-corrected chi connectivity index (χ4v) is 2.40. The first-order valence-electron chi connectivity index (χ1n) is 6.74. The van der Waals surface area contributed by atoms with Crippen LogP contribution < -0.4 is 5.73 Å². The molecule has 0 aliphatic carbocycles. The minimum absolute atomic E-state index is 0.228. The number of hydrogen-bond acceptors (Lipinski definition) is 3. The van der Waals surface area contributed by atoms with E-state index in [4.69, 9.17) is 5.73 Å². The minimum Gasteiger partial charge on any atom is -0.393 e. The smallest absolute Gasteiger partial charge is 0.222 e. The van der Waals surface area contributed by atoms with Crippen molar-refractivity contribution >= 4 is 5.91 Å². The molecular weight excluding hydrogens is 216 g/mol. The van der Waals surface area contributed by atoms with Crippen molar-refractivity contribution in [1.82, 2.24) is 4.90 Å². The topological polar surface area (TPSA) is 66.6 Å². The van der Waals surface area contributed by atoms with Crippen LogP contribution in [-0.4, -0.2) is 41.7 Å². The zero-order valence-electron chi connectivity index (χ0n) is 11.1. The molecule has 1 heterocycles. The lowest BCUT2D eigenvalue weighted by Crippen LogP contribution is -2.41. The Morgan fingerprint density at radius 2 is 2.06 bits per heavy atom. The molecule has 1 amide bonds. The van der Waals surface area contributed by atoms with Gasteiger partial charge < -0.3 is 15.7 Å². The normalized spacial score (nSPS) is 21.3. The van der Waals surface area contributed by atoms with Crippen molar-refractivity contribution in [1.29, 1.82) is 0 Å². The van der Waals surface area contributed by atoms with Crippen molar-refractivity contribution in [3.63, 3.8) is 0 Å². The van der Waals surface area contributed by atoms with E-state index in [1.54, 1.807) is 0 Å². The van der Waals surface area contributed by atoms with Crippen molar-refractivity contribution in [2.45, 2.75) is 45.6 Å². The molecule has 100 valence electrons. The van der Waals surface area contributed by atoms with E-state index >= 15 is 0 Å². The summed E-state index contributed by atoms with van der Waals surface area (Å²) in [5.74, 6) is 0.902. The number of nitrogens with zero attached hydrogens (tertiary/aromatic N) is 1. The van der Waals surface area contributed by atoms with Crippen LogP contribution in [0.25, 0.3) is 0 Å². The van der Waals surface area contributed by atoms with Gasteiger partial charge in [-0.05, 0) is 38.1 Å². The van der Waals surface area contributed by atoms with Crippen LogP contribution in [0.5, 0.6) is 0 Å². The molecule has 0 saturated carbocycles. The van der Waals surface area contributed by atoms with E-state index in [0.717, 1.165) is 32.4 Å². The lowest BCUT2D eigenvalue weighted by Gasteiger charge is -2.34. The van der Waals surface area contributed by atoms with E-state index in [9.17, 15) is 9.90 Å². The number of hydrogen-bond donors (Lipinski definition) is 2. The molecule has 1 aliphatic rings. The summed E-state index contributed by atoms with van der Waals surface area (Å²) in [7, 11) is 0. The molecule has 0 radical (unpaired) electrons. The van der Waals surface area contributed by atoms with E-state index in [2.05, 4.69) is 6.92 Å². The van der Waals surface area contributed by atoms with Crippen LogP contribution in [0.15, 0.2) is 0 Å². The van der Waals surface area contributed by atoms with Crippen LogP contribution in [0, 0.1) is 11.8 Å². The highest BCUT2D eigenvalue weighted by Gasteiger charge is 2.26. The molecule has 0 aromatic heterocycles. The van der Waals surface area contributed by atoms with E-state index in [1.165, 1.54) is 0 Å². The van der Waals surface area contributed by atoms with Crippen LogP contribution in [0.2, 0.25) is 0 Å². The molecule has 4 heteroatoms. The van der Waals surface area contributed by atoms with Crippen LogP contribution in [-0.2, 0) is 4.79 Å². The van der Waals surface area contributed by atoms with Crippen LogP contribution in [0.3, 0.4) is 0 Å². The summed E-state index contributed by atoms with van der Waals surface area (Å²) in [5.41, 5.74) is 5.62. The Kier molecular flexibility index (Phi) is 5.92. The second-order valence-corrected chi connectivity index (χ2v) is 5.17. The maximum Gasteiger partial charge on any atom is 0.222 e. The predicted molar refractivity (Wildman–Crippen MR) is 68.4 cm³/mol. The van der Waals surface area contributed by atoms with Crippen molar-refractivity contribution in [3.05, 3.63) is 0 Å². The highest BCUT2D eigenvalue weighted by molar-refractivity contribution is 5.76. The van der Waals surface area contributed by atoms with E-state index in [-0.39, 0.29) is 12.0 Å². The summed E-state index contributed by atoms with van der Waals surface area (Å²) in [4.78, 5) is 13.9. The number of amides is 1. The first-order chi connectivity index (χ1) is 8.08. The Morgan fingerprint density at radius 1 is 1.47 bits per heavy atom. The standard InChI is InChI=1S/C13H26N2O2/c1-3-11(9-14)8-13(17)15-6-4-12(5-7-15)10(2)16/h10-12,16H,3-9,14H2,1-2H3. The summed E-state index contributed by atoms with van der Waals surface area (Å²) < 4.78 is 0. The highest BCUT2D eigenvalue weighted by Crippen LogP contribution is 2.21. The van der Waals surface area contributed by atoms with Crippen molar-refractivity contribution in [2.24, 2.45) is 17.6 Å². The Balaban J connectivity index is 2.35. The SMILES string of the molecule is CCC(CN)CC(=O)N1CCC(C(C)O)CC1. The average molecular weight is 242 g/mol. The molecule has 1 saturated heterocycles. The maximum atomic E-state index is 12.0. The maximum absolute atomic E-state index is 12.0. The number of likely N-dealkylation sites (tertiary alicyclic amines) is 1. The Bertz CT molecular complexity index is 232. The van der Waals surface area contributed by atoms with Gasteiger partial charge in [-0.15, -0.1) is 0 Å². The van der Waals surface area contributed by atoms with Gasteiger partial charge in [0.2, 0.25) is 5.91 Å². The summed E-state index contributed by atoms with van der Waals surface area (Å²) in [6, 6.07) is 0. The average Bonchev–Trinajstić information content (AvgIpc) is 2.35. The fraction of sp³-hybridized carbons (Fsp3) is 0.923. The Morgan fingerprint density at radius 3 is 2.47 bits per heavy atom. The summed E-state index contributed by atoms with van der Waals surface area (Å²) in [6.45, 7) is 6.07. The molecule has 4 nitrogen and oxygen atoms in total. The van der Waals surface area contributed by atoms with Gasteiger partial charge in [0.15, 0.2) is 0 Å².